The molecule has 17 heavy (non-hydrogen) atoms. The van der Waals surface area contributed by atoms with Crippen molar-refractivity contribution in [2.75, 3.05) is 13.2 Å². The SMILES string of the molecule is [Cl-].[NH3+]CC1OCCCn2nc3ccccc3c21. The molecule has 1 aromatic carbocycles. The van der Waals surface area contributed by atoms with E-state index in [1.807, 2.05) is 6.07 Å². The van der Waals surface area contributed by atoms with Gasteiger partial charge in [-0.1, -0.05) is 18.2 Å². The first-order chi connectivity index (χ1) is 7.90. The largest absolute Gasteiger partial charge is 1.00 e. The van der Waals surface area contributed by atoms with E-state index in [0.29, 0.717) is 0 Å². The lowest BCUT2D eigenvalue weighted by Crippen LogP contribution is -3.00. The Kier molecular flexibility index (Phi) is 3.66. The second kappa shape index (κ2) is 5.04. The number of halogens is 1. The summed E-state index contributed by atoms with van der Waals surface area (Å²) in [5.74, 6) is 0. The minimum Gasteiger partial charge on any atom is -1.00 e. The molecule has 1 unspecified atom stereocenters. The quantitative estimate of drug-likeness (QED) is 0.624. The van der Waals surface area contributed by atoms with Gasteiger partial charge in [0.15, 0.2) is 0 Å². The molecule has 0 saturated carbocycles. The monoisotopic (exact) mass is 253 g/mol. The lowest BCUT2D eigenvalue weighted by Gasteiger charge is -2.11. The number of benzene rings is 1. The maximum absolute atomic E-state index is 5.82. The van der Waals surface area contributed by atoms with E-state index in [1.54, 1.807) is 0 Å². The lowest BCUT2D eigenvalue weighted by atomic mass is 10.1. The van der Waals surface area contributed by atoms with Crippen LogP contribution in [0, 0.1) is 0 Å². The second-order valence-corrected chi connectivity index (χ2v) is 4.13. The van der Waals surface area contributed by atoms with Gasteiger partial charge in [-0.05, 0) is 12.5 Å². The Morgan fingerprint density at radius 2 is 2.24 bits per heavy atom. The number of hydrogen-bond donors (Lipinski definition) is 1. The summed E-state index contributed by atoms with van der Waals surface area (Å²) in [7, 11) is 0. The number of aryl methyl sites for hydroxylation is 1. The van der Waals surface area contributed by atoms with Gasteiger partial charge in [-0.25, -0.2) is 0 Å². The Hall–Kier alpha value is -1.10. The van der Waals surface area contributed by atoms with Gasteiger partial charge in [0.1, 0.15) is 12.6 Å². The normalized spacial score (nSPS) is 19.5. The number of hydrogen-bond acceptors (Lipinski definition) is 2. The minimum atomic E-state index is 0. The summed E-state index contributed by atoms with van der Waals surface area (Å²) in [6.45, 7) is 2.51. The molecule has 0 saturated heterocycles. The van der Waals surface area contributed by atoms with Gasteiger partial charge in [-0.15, -0.1) is 0 Å². The zero-order valence-corrected chi connectivity index (χ0v) is 10.4. The molecule has 0 fully saturated rings. The highest BCUT2D eigenvalue weighted by Crippen LogP contribution is 2.28. The van der Waals surface area contributed by atoms with Gasteiger partial charge in [-0.3, -0.25) is 4.68 Å². The molecule has 1 atom stereocenters. The minimum absolute atomic E-state index is 0. The maximum atomic E-state index is 5.82. The highest BCUT2D eigenvalue weighted by molar-refractivity contribution is 5.81. The fraction of sp³-hybridized carbons (Fsp3) is 0.417. The van der Waals surface area contributed by atoms with E-state index in [2.05, 4.69) is 33.7 Å². The Bertz CT molecular complexity index is 511. The van der Waals surface area contributed by atoms with E-state index in [0.717, 1.165) is 31.6 Å². The molecule has 5 heteroatoms. The number of quaternary nitrogens is 1. The topological polar surface area (TPSA) is 54.7 Å². The van der Waals surface area contributed by atoms with Crippen molar-refractivity contribution in [2.24, 2.45) is 0 Å². The molecule has 0 radical (unpaired) electrons. The van der Waals surface area contributed by atoms with E-state index in [9.17, 15) is 0 Å². The molecule has 92 valence electrons. The van der Waals surface area contributed by atoms with Crippen LogP contribution in [-0.4, -0.2) is 22.9 Å². The summed E-state index contributed by atoms with van der Waals surface area (Å²) < 4.78 is 7.91. The third kappa shape index (κ3) is 2.04. The van der Waals surface area contributed by atoms with Gasteiger partial charge >= 0.3 is 0 Å². The molecule has 4 nitrogen and oxygen atoms in total. The van der Waals surface area contributed by atoms with Crippen LogP contribution in [-0.2, 0) is 11.3 Å². The van der Waals surface area contributed by atoms with E-state index in [1.165, 1.54) is 11.1 Å². The molecule has 3 N–H and O–H groups in total. The van der Waals surface area contributed by atoms with E-state index in [-0.39, 0.29) is 18.5 Å². The molecule has 1 aliphatic heterocycles. The van der Waals surface area contributed by atoms with Crippen molar-refractivity contribution in [1.29, 1.82) is 0 Å². The van der Waals surface area contributed by atoms with Crippen molar-refractivity contribution >= 4 is 10.9 Å². The van der Waals surface area contributed by atoms with Crippen molar-refractivity contribution in [1.82, 2.24) is 9.78 Å². The van der Waals surface area contributed by atoms with Gasteiger partial charge in [0.25, 0.3) is 0 Å². The van der Waals surface area contributed by atoms with Gasteiger partial charge in [0, 0.05) is 18.5 Å². The smallest absolute Gasteiger partial charge is 0.148 e. The average Bonchev–Trinajstić information content (AvgIpc) is 2.56. The Labute approximate surface area is 106 Å². The van der Waals surface area contributed by atoms with E-state index >= 15 is 0 Å². The molecule has 1 aromatic heterocycles. The van der Waals surface area contributed by atoms with Crippen LogP contribution in [0.1, 0.15) is 18.2 Å². The first-order valence-corrected chi connectivity index (χ1v) is 5.76. The van der Waals surface area contributed by atoms with E-state index in [4.69, 9.17) is 4.74 Å². The van der Waals surface area contributed by atoms with Crippen molar-refractivity contribution in [3.8, 4) is 0 Å². The molecule has 0 bridgehead atoms. The van der Waals surface area contributed by atoms with Crippen LogP contribution in [0.4, 0.5) is 0 Å². The van der Waals surface area contributed by atoms with E-state index < -0.39 is 0 Å². The first kappa shape index (κ1) is 12.4. The fourth-order valence-electron chi connectivity index (χ4n) is 2.35. The molecular formula is C12H16ClN3O. The summed E-state index contributed by atoms with van der Waals surface area (Å²) in [5, 5.41) is 5.83. The Morgan fingerprint density at radius 3 is 3.06 bits per heavy atom. The molecule has 2 aromatic rings. The molecule has 1 aliphatic rings. The zero-order valence-electron chi connectivity index (χ0n) is 9.60. The summed E-state index contributed by atoms with van der Waals surface area (Å²) in [4.78, 5) is 0. The van der Waals surface area contributed by atoms with Gasteiger partial charge in [-0.2, -0.15) is 5.10 Å². The number of nitrogens with zero attached hydrogens (tertiary/aromatic N) is 2. The third-order valence-electron chi connectivity index (χ3n) is 3.09. The molecule has 0 amide bonds. The van der Waals surface area contributed by atoms with Crippen molar-refractivity contribution in [3.05, 3.63) is 30.0 Å². The maximum Gasteiger partial charge on any atom is 0.148 e. The van der Waals surface area contributed by atoms with Crippen LogP contribution in [0.15, 0.2) is 24.3 Å². The van der Waals surface area contributed by atoms with Crippen LogP contribution in [0.5, 0.6) is 0 Å². The predicted molar refractivity (Wildman–Crippen MR) is 60.8 cm³/mol. The molecule has 0 aliphatic carbocycles. The zero-order chi connectivity index (χ0) is 11.0. The highest BCUT2D eigenvalue weighted by atomic mass is 35.5. The Morgan fingerprint density at radius 1 is 1.41 bits per heavy atom. The van der Waals surface area contributed by atoms with Crippen molar-refractivity contribution < 1.29 is 22.9 Å². The Balaban J connectivity index is 0.00000108. The van der Waals surface area contributed by atoms with Gasteiger partial charge in [0.2, 0.25) is 0 Å². The summed E-state index contributed by atoms with van der Waals surface area (Å²) in [5.41, 5.74) is 6.22. The van der Waals surface area contributed by atoms with Crippen LogP contribution in [0.25, 0.3) is 10.9 Å². The molecule has 3 rings (SSSR count). The van der Waals surface area contributed by atoms with Crippen LogP contribution >= 0.6 is 0 Å². The molecule has 2 heterocycles. The summed E-state index contributed by atoms with van der Waals surface area (Å²) in [6.07, 6.45) is 1.12. The predicted octanol–water partition coefficient (Wildman–Crippen LogP) is -2.26. The standard InChI is InChI=1S/C12H15N3O.ClH/c13-8-11-12-9-4-1-2-5-10(9)14-15(12)6-3-7-16-11;/h1-2,4-5,11H,3,6-8,13H2;1H. The van der Waals surface area contributed by atoms with Gasteiger partial charge < -0.3 is 22.9 Å². The second-order valence-electron chi connectivity index (χ2n) is 4.13. The highest BCUT2D eigenvalue weighted by Gasteiger charge is 2.23. The third-order valence-corrected chi connectivity index (χ3v) is 3.09. The number of fused-ring (bicyclic) bond motifs is 3. The van der Waals surface area contributed by atoms with Gasteiger partial charge in [0.05, 0.1) is 11.2 Å². The average molecular weight is 254 g/mol. The fourth-order valence-corrected chi connectivity index (χ4v) is 2.35. The van der Waals surface area contributed by atoms with Crippen LogP contribution in [0.2, 0.25) is 0 Å². The number of ether oxygens (including phenoxy) is 1. The van der Waals surface area contributed by atoms with Crippen molar-refractivity contribution in [2.45, 2.75) is 19.1 Å². The van der Waals surface area contributed by atoms with Crippen molar-refractivity contribution in [3.63, 3.8) is 0 Å². The number of rotatable bonds is 1. The molecular weight excluding hydrogens is 238 g/mol. The summed E-state index contributed by atoms with van der Waals surface area (Å²) in [6, 6.07) is 8.24. The van der Waals surface area contributed by atoms with Crippen LogP contribution < -0.4 is 18.1 Å². The van der Waals surface area contributed by atoms with Crippen LogP contribution in [0.3, 0.4) is 0 Å². The molecule has 0 spiro atoms. The number of aromatic nitrogens is 2. The lowest BCUT2D eigenvalue weighted by molar-refractivity contribution is -0.387. The summed E-state index contributed by atoms with van der Waals surface area (Å²) >= 11 is 0. The first-order valence-electron chi connectivity index (χ1n) is 5.76.